The van der Waals surface area contributed by atoms with Crippen molar-refractivity contribution in [1.82, 2.24) is 15.3 Å². The zero-order valence-corrected chi connectivity index (χ0v) is 12.4. The van der Waals surface area contributed by atoms with Crippen LogP contribution in [0.3, 0.4) is 0 Å². The summed E-state index contributed by atoms with van der Waals surface area (Å²) < 4.78 is 0. The lowest BCUT2D eigenvalue weighted by Gasteiger charge is -2.12. The summed E-state index contributed by atoms with van der Waals surface area (Å²) in [5, 5.41) is 2.79. The van der Waals surface area contributed by atoms with Crippen LogP contribution in [0.25, 0.3) is 0 Å². The number of amides is 2. The Labute approximate surface area is 128 Å². The minimum atomic E-state index is -0.625. The lowest BCUT2D eigenvalue weighted by molar-refractivity contribution is 0.0947. The van der Waals surface area contributed by atoms with E-state index in [9.17, 15) is 9.59 Å². The van der Waals surface area contributed by atoms with Gasteiger partial charge in [0, 0.05) is 33.0 Å². The zero-order valence-electron chi connectivity index (χ0n) is 12.4. The van der Waals surface area contributed by atoms with E-state index in [0.29, 0.717) is 12.1 Å². The molecule has 0 fully saturated rings. The van der Waals surface area contributed by atoms with Gasteiger partial charge in [-0.2, -0.15) is 0 Å². The Morgan fingerprint density at radius 2 is 2.00 bits per heavy atom. The molecule has 7 heteroatoms. The fraction of sp³-hybridized carbons (Fsp3) is 0.200. The van der Waals surface area contributed by atoms with Gasteiger partial charge in [-0.15, -0.1) is 0 Å². The molecule has 0 saturated carbocycles. The van der Waals surface area contributed by atoms with Gasteiger partial charge >= 0.3 is 0 Å². The highest BCUT2D eigenvalue weighted by Gasteiger charge is 2.08. The number of carbonyl (C=O) groups excluding carboxylic acids is 2. The van der Waals surface area contributed by atoms with Crippen LogP contribution in [0.1, 0.15) is 26.4 Å². The maximum atomic E-state index is 12.0. The first-order valence-electron chi connectivity index (χ1n) is 6.63. The van der Waals surface area contributed by atoms with Crippen molar-refractivity contribution in [1.29, 1.82) is 0 Å². The summed E-state index contributed by atoms with van der Waals surface area (Å²) in [7, 11) is 3.80. The Morgan fingerprint density at radius 3 is 2.59 bits per heavy atom. The summed E-state index contributed by atoms with van der Waals surface area (Å²) in [6, 6.07) is 6.67. The first kappa shape index (κ1) is 15.4. The fourth-order valence-corrected chi connectivity index (χ4v) is 1.77. The lowest BCUT2D eigenvalue weighted by Crippen LogP contribution is -2.23. The van der Waals surface area contributed by atoms with Gasteiger partial charge in [-0.1, -0.05) is 0 Å². The monoisotopic (exact) mass is 299 g/mol. The first-order valence-corrected chi connectivity index (χ1v) is 6.63. The lowest BCUT2D eigenvalue weighted by atomic mass is 10.2. The van der Waals surface area contributed by atoms with Gasteiger partial charge in [-0.05, 0) is 29.8 Å². The van der Waals surface area contributed by atoms with Crippen LogP contribution >= 0.6 is 0 Å². The van der Waals surface area contributed by atoms with E-state index in [0.717, 1.165) is 11.4 Å². The second-order valence-electron chi connectivity index (χ2n) is 4.90. The Hall–Kier alpha value is -2.96. The van der Waals surface area contributed by atoms with E-state index < -0.39 is 5.91 Å². The molecule has 3 N–H and O–H groups in total. The summed E-state index contributed by atoms with van der Waals surface area (Å²) in [6.45, 7) is 0.375. The van der Waals surface area contributed by atoms with Crippen molar-refractivity contribution >= 4 is 17.6 Å². The second-order valence-corrected chi connectivity index (χ2v) is 4.90. The van der Waals surface area contributed by atoms with Crippen LogP contribution in [0.5, 0.6) is 0 Å². The molecule has 0 aliphatic rings. The molecule has 0 saturated heterocycles. The van der Waals surface area contributed by atoms with Gasteiger partial charge in [-0.25, -0.2) is 4.98 Å². The molecule has 7 nitrogen and oxygen atoms in total. The van der Waals surface area contributed by atoms with E-state index in [1.165, 1.54) is 18.3 Å². The van der Waals surface area contributed by atoms with E-state index in [4.69, 9.17) is 5.73 Å². The highest BCUT2D eigenvalue weighted by molar-refractivity contribution is 5.95. The van der Waals surface area contributed by atoms with Gasteiger partial charge in [0.05, 0.1) is 5.56 Å². The van der Waals surface area contributed by atoms with Gasteiger partial charge in [0.1, 0.15) is 11.5 Å². The van der Waals surface area contributed by atoms with Crippen LogP contribution in [-0.4, -0.2) is 35.9 Å². The molecule has 0 spiro atoms. The number of anilines is 1. The molecule has 0 aromatic carbocycles. The third-order valence-corrected chi connectivity index (χ3v) is 3.00. The smallest absolute Gasteiger partial charge is 0.267 e. The van der Waals surface area contributed by atoms with Crippen molar-refractivity contribution in [2.24, 2.45) is 5.73 Å². The molecule has 114 valence electrons. The summed E-state index contributed by atoms with van der Waals surface area (Å²) in [5.41, 5.74) is 6.53. The number of nitrogens with two attached hydrogens (primary N) is 1. The Bertz CT molecular complexity index is 683. The van der Waals surface area contributed by atoms with Crippen molar-refractivity contribution in [2.45, 2.75) is 6.54 Å². The number of hydrogen-bond acceptors (Lipinski definition) is 5. The Morgan fingerprint density at radius 1 is 1.23 bits per heavy atom. The van der Waals surface area contributed by atoms with Gasteiger partial charge < -0.3 is 16.0 Å². The van der Waals surface area contributed by atoms with E-state index in [1.807, 2.05) is 31.1 Å². The molecule has 0 unspecified atom stereocenters. The topological polar surface area (TPSA) is 101 Å². The summed E-state index contributed by atoms with van der Waals surface area (Å²) in [6.07, 6.45) is 3.02. The molecule has 0 radical (unpaired) electrons. The van der Waals surface area contributed by atoms with Gasteiger partial charge in [0.25, 0.3) is 11.8 Å². The predicted octanol–water partition coefficient (Wildman–Crippen LogP) is 0.571. The minimum Gasteiger partial charge on any atom is -0.364 e. The standard InChI is InChI=1S/C15H17N5O2/c1-20(2)13-7-10(5-6-17-13)8-19-15(22)11-3-4-12(14(16)21)18-9-11/h3-7,9H,8H2,1-2H3,(H2,16,21)(H,19,22). The molecule has 0 atom stereocenters. The van der Waals surface area contributed by atoms with Crippen LogP contribution in [0.2, 0.25) is 0 Å². The fourth-order valence-electron chi connectivity index (χ4n) is 1.77. The number of pyridine rings is 2. The second kappa shape index (κ2) is 6.66. The number of carbonyl (C=O) groups is 2. The number of rotatable bonds is 5. The molecule has 0 aliphatic heterocycles. The number of hydrogen-bond donors (Lipinski definition) is 2. The molecule has 0 bridgehead atoms. The summed E-state index contributed by atoms with van der Waals surface area (Å²) >= 11 is 0. The van der Waals surface area contributed by atoms with Crippen LogP contribution in [0, 0.1) is 0 Å². The average molecular weight is 299 g/mol. The maximum absolute atomic E-state index is 12.0. The number of nitrogens with one attached hydrogen (secondary N) is 1. The van der Waals surface area contributed by atoms with Crippen LogP contribution in [-0.2, 0) is 6.54 Å². The van der Waals surface area contributed by atoms with Crippen molar-refractivity contribution in [3.63, 3.8) is 0 Å². The molecular formula is C15H17N5O2. The molecule has 2 heterocycles. The zero-order chi connectivity index (χ0) is 16.1. The Kier molecular flexibility index (Phi) is 4.67. The van der Waals surface area contributed by atoms with Crippen molar-refractivity contribution in [3.8, 4) is 0 Å². The van der Waals surface area contributed by atoms with Crippen LogP contribution in [0.15, 0.2) is 36.7 Å². The third-order valence-electron chi connectivity index (χ3n) is 3.00. The van der Waals surface area contributed by atoms with Crippen LogP contribution < -0.4 is 16.0 Å². The first-order chi connectivity index (χ1) is 10.5. The van der Waals surface area contributed by atoms with Crippen molar-refractivity contribution < 1.29 is 9.59 Å². The number of nitrogens with zero attached hydrogens (tertiary/aromatic N) is 3. The normalized spacial score (nSPS) is 10.1. The summed E-state index contributed by atoms with van der Waals surface area (Å²) in [4.78, 5) is 32.9. The van der Waals surface area contributed by atoms with E-state index in [2.05, 4.69) is 15.3 Å². The van der Waals surface area contributed by atoms with Gasteiger partial charge in [-0.3, -0.25) is 14.6 Å². The molecule has 2 aromatic rings. The van der Waals surface area contributed by atoms with E-state index in [1.54, 1.807) is 6.20 Å². The van der Waals surface area contributed by atoms with Gasteiger partial charge in [0.15, 0.2) is 0 Å². The molecule has 22 heavy (non-hydrogen) atoms. The van der Waals surface area contributed by atoms with Crippen LogP contribution in [0.4, 0.5) is 5.82 Å². The number of primary amides is 1. The van der Waals surface area contributed by atoms with E-state index in [-0.39, 0.29) is 11.6 Å². The minimum absolute atomic E-state index is 0.126. The molecular weight excluding hydrogens is 282 g/mol. The molecule has 2 aromatic heterocycles. The average Bonchev–Trinajstić information content (AvgIpc) is 2.53. The third kappa shape index (κ3) is 3.78. The largest absolute Gasteiger partial charge is 0.364 e. The SMILES string of the molecule is CN(C)c1cc(CNC(=O)c2ccc(C(N)=O)nc2)ccn1. The molecule has 0 aliphatic carbocycles. The maximum Gasteiger partial charge on any atom is 0.267 e. The van der Waals surface area contributed by atoms with Crippen molar-refractivity contribution in [2.75, 3.05) is 19.0 Å². The number of aromatic nitrogens is 2. The highest BCUT2D eigenvalue weighted by atomic mass is 16.2. The summed E-state index contributed by atoms with van der Waals surface area (Å²) in [5.74, 6) is -0.0779. The molecule has 2 amide bonds. The Balaban J connectivity index is 2.00. The molecule has 2 rings (SSSR count). The highest BCUT2D eigenvalue weighted by Crippen LogP contribution is 2.09. The van der Waals surface area contributed by atoms with Gasteiger partial charge in [0.2, 0.25) is 0 Å². The van der Waals surface area contributed by atoms with E-state index >= 15 is 0 Å². The quantitative estimate of drug-likeness (QED) is 0.840. The predicted molar refractivity (Wildman–Crippen MR) is 82.5 cm³/mol. The van der Waals surface area contributed by atoms with Crippen molar-refractivity contribution in [3.05, 3.63) is 53.5 Å².